The van der Waals surface area contributed by atoms with Crippen LogP contribution < -0.4 is 0 Å². The smallest absolute Gasteiger partial charge is 0.294 e. The summed E-state index contributed by atoms with van der Waals surface area (Å²) in [5.41, 5.74) is 0.836. The van der Waals surface area contributed by atoms with Gasteiger partial charge in [-0.3, -0.25) is 4.79 Å². The van der Waals surface area contributed by atoms with Gasteiger partial charge in [-0.25, -0.2) is 9.97 Å². The Kier molecular flexibility index (Phi) is 3.36. The highest BCUT2D eigenvalue weighted by Gasteiger charge is 2.33. The van der Waals surface area contributed by atoms with E-state index in [2.05, 4.69) is 9.97 Å². The largest absolute Gasteiger partial charge is 0.389 e. The van der Waals surface area contributed by atoms with E-state index in [1.54, 1.807) is 0 Å². The van der Waals surface area contributed by atoms with Crippen LogP contribution in [0.2, 0.25) is 0 Å². The first-order valence-electron chi connectivity index (χ1n) is 6.11. The molecule has 1 aliphatic carbocycles. The Morgan fingerprint density at radius 2 is 2.00 bits per heavy atom. The monoisotopic (exact) mass is 272 g/mol. The topological polar surface area (TPSA) is 42.9 Å². The van der Waals surface area contributed by atoms with Crippen LogP contribution in [0.1, 0.15) is 48.6 Å². The Balaban J connectivity index is 2.21. The summed E-state index contributed by atoms with van der Waals surface area (Å²) < 4.78 is 36.5. The summed E-state index contributed by atoms with van der Waals surface area (Å²) in [6.07, 6.45) is -3.02. The zero-order valence-electron chi connectivity index (χ0n) is 10.8. The predicted octanol–water partition coefficient (Wildman–Crippen LogP) is 3.13. The van der Waals surface area contributed by atoms with E-state index in [9.17, 15) is 18.0 Å². The van der Waals surface area contributed by atoms with Gasteiger partial charge < -0.3 is 0 Å². The third-order valence-electron chi connectivity index (χ3n) is 3.14. The molecule has 6 heteroatoms. The summed E-state index contributed by atoms with van der Waals surface area (Å²) in [6, 6.07) is 0. The lowest BCUT2D eigenvalue weighted by atomic mass is 9.76. The maximum atomic E-state index is 12.2. The van der Waals surface area contributed by atoms with Gasteiger partial charge in [0.1, 0.15) is 5.82 Å². The average molecular weight is 272 g/mol. The highest BCUT2D eigenvalue weighted by atomic mass is 19.4. The van der Waals surface area contributed by atoms with Gasteiger partial charge in [0.2, 0.25) is 0 Å². The summed E-state index contributed by atoms with van der Waals surface area (Å²) in [5, 5.41) is 0. The van der Waals surface area contributed by atoms with Crippen molar-refractivity contribution in [2.75, 3.05) is 0 Å². The lowest BCUT2D eigenvalue weighted by Crippen LogP contribution is -2.28. The third-order valence-corrected chi connectivity index (χ3v) is 3.14. The normalized spacial score (nSPS) is 18.3. The number of hydrogen-bond acceptors (Lipinski definition) is 3. The van der Waals surface area contributed by atoms with E-state index in [0.29, 0.717) is 24.1 Å². The number of Topliss-reactive ketones (excluding diaryl/α,β-unsaturated/α-hetero) is 1. The molecule has 0 amide bonds. The summed E-state index contributed by atoms with van der Waals surface area (Å²) >= 11 is 0. The van der Waals surface area contributed by atoms with Crippen LogP contribution in [0.4, 0.5) is 13.2 Å². The number of carbonyl (C=O) groups excluding carboxylic acids is 1. The van der Waals surface area contributed by atoms with Gasteiger partial charge in [0, 0.05) is 19.0 Å². The van der Waals surface area contributed by atoms with Crippen molar-refractivity contribution in [1.82, 2.24) is 9.97 Å². The van der Waals surface area contributed by atoms with Crippen molar-refractivity contribution < 1.29 is 18.0 Å². The molecule has 0 saturated carbocycles. The van der Waals surface area contributed by atoms with E-state index < -0.39 is 12.6 Å². The number of carbonyl (C=O) groups is 1. The van der Waals surface area contributed by atoms with Crippen LogP contribution in [0, 0.1) is 5.41 Å². The molecular formula is C13H15F3N2O. The molecule has 0 unspecified atom stereocenters. The van der Waals surface area contributed by atoms with Gasteiger partial charge >= 0.3 is 6.18 Å². The first-order valence-corrected chi connectivity index (χ1v) is 6.11. The number of ketones is 1. The summed E-state index contributed by atoms with van der Waals surface area (Å²) in [5.74, 6) is 0.121. The van der Waals surface area contributed by atoms with Crippen LogP contribution in [0.25, 0.3) is 0 Å². The number of aryl methyl sites for hydroxylation is 1. The molecule has 0 radical (unpaired) electrons. The second-order valence-electron chi connectivity index (χ2n) is 5.70. The molecule has 3 nitrogen and oxygen atoms in total. The first-order chi connectivity index (χ1) is 8.66. The molecule has 1 aliphatic rings. The van der Waals surface area contributed by atoms with E-state index >= 15 is 0 Å². The highest BCUT2D eigenvalue weighted by Crippen LogP contribution is 2.33. The SMILES string of the molecule is CC1(C)CC(=O)c2cnc(CCC(F)(F)F)nc2C1. The third kappa shape index (κ3) is 3.52. The molecule has 0 bridgehead atoms. The van der Waals surface area contributed by atoms with Crippen LogP contribution in [-0.2, 0) is 12.8 Å². The Morgan fingerprint density at radius 3 is 2.63 bits per heavy atom. The van der Waals surface area contributed by atoms with Crippen molar-refractivity contribution in [3.63, 3.8) is 0 Å². The van der Waals surface area contributed by atoms with Gasteiger partial charge in [-0.05, 0) is 11.8 Å². The minimum absolute atomic E-state index is 0.0337. The summed E-state index contributed by atoms with van der Waals surface area (Å²) in [6.45, 7) is 3.90. The lowest BCUT2D eigenvalue weighted by molar-refractivity contribution is -0.134. The van der Waals surface area contributed by atoms with Gasteiger partial charge in [-0.2, -0.15) is 13.2 Å². The molecule has 104 valence electrons. The summed E-state index contributed by atoms with van der Waals surface area (Å²) in [4.78, 5) is 19.9. The van der Waals surface area contributed by atoms with Crippen LogP contribution in [-0.4, -0.2) is 21.9 Å². The van der Waals surface area contributed by atoms with Crippen LogP contribution in [0.15, 0.2) is 6.20 Å². The van der Waals surface area contributed by atoms with Gasteiger partial charge in [-0.15, -0.1) is 0 Å². The number of aromatic nitrogens is 2. The molecule has 0 spiro atoms. The van der Waals surface area contributed by atoms with Crippen molar-refractivity contribution in [1.29, 1.82) is 0 Å². The molecule has 0 N–H and O–H groups in total. The van der Waals surface area contributed by atoms with Crippen molar-refractivity contribution >= 4 is 5.78 Å². The quantitative estimate of drug-likeness (QED) is 0.830. The fourth-order valence-electron chi connectivity index (χ4n) is 2.25. The molecule has 1 aromatic heterocycles. The molecule has 2 rings (SSSR count). The Morgan fingerprint density at radius 1 is 1.32 bits per heavy atom. The molecule has 1 heterocycles. The number of rotatable bonds is 2. The van der Waals surface area contributed by atoms with Gasteiger partial charge in [-0.1, -0.05) is 13.8 Å². The van der Waals surface area contributed by atoms with Gasteiger partial charge in [0.25, 0.3) is 0 Å². The molecular weight excluding hydrogens is 257 g/mol. The number of halogens is 3. The fraction of sp³-hybridized carbons (Fsp3) is 0.615. The standard InChI is InChI=1S/C13H15F3N2O/c1-12(2)5-9-8(10(19)6-12)7-17-11(18-9)3-4-13(14,15)16/h7H,3-6H2,1-2H3. The zero-order chi connectivity index (χ0) is 14.3. The van der Waals surface area contributed by atoms with Gasteiger partial charge in [0.05, 0.1) is 17.7 Å². The van der Waals surface area contributed by atoms with E-state index in [1.807, 2.05) is 13.8 Å². The van der Waals surface area contributed by atoms with Crippen LogP contribution in [0.5, 0.6) is 0 Å². The van der Waals surface area contributed by atoms with Crippen molar-refractivity contribution in [2.45, 2.75) is 45.7 Å². The fourth-order valence-corrected chi connectivity index (χ4v) is 2.25. The van der Waals surface area contributed by atoms with Crippen molar-refractivity contribution in [3.05, 3.63) is 23.3 Å². The average Bonchev–Trinajstić information content (AvgIpc) is 2.23. The maximum absolute atomic E-state index is 12.2. The van der Waals surface area contributed by atoms with Crippen LogP contribution in [0.3, 0.4) is 0 Å². The predicted molar refractivity (Wildman–Crippen MR) is 62.8 cm³/mol. The number of nitrogens with zero attached hydrogens (tertiary/aromatic N) is 2. The molecule has 0 saturated heterocycles. The van der Waals surface area contributed by atoms with E-state index in [1.165, 1.54) is 6.20 Å². The number of hydrogen-bond donors (Lipinski definition) is 0. The van der Waals surface area contributed by atoms with Crippen molar-refractivity contribution in [3.8, 4) is 0 Å². The Hall–Kier alpha value is -1.46. The number of alkyl halides is 3. The molecule has 0 aliphatic heterocycles. The van der Waals surface area contributed by atoms with E-state index in [4.69, 9.17) is 0 Å². The zero-order valence-corrected chi connectivity index (χ0v) is 10.8. The second-order valence-corrected chi connectivity index (χ2v) is 5.70. The molecule has 0 fully saturated rings. The number of fused-ring (bicyclic) bond motifs is 1. The van der Waals surface area contributed by atoms with E-state index in [-0.39, 0.29) is 23.4 Å². The molecule has 0 aromatic carbocycles. The van der Waals surface area contributed by atoms with Crippen molar-refractivity contribution in [2.24, 2.45) is 5.41 Å². The highest BCUT2D eigenvalue weighted by molar-refractivity contribution is 5.98. The molecule has 0 atom stereocenters. The Labute approximate surface area is 109 Å². The van der Waals surface area contributed by atoms with Gasteiger partial charge in [0.15, 0.2) is 5.78 Å². The lowest BCUT2D eigenvalue weighted by Gasteiger charge is -2.29. The van der Waals surface area contributed by atoms with Crippen LogP contribution >= 0.6 is 0 Å². The summed E-state index contributed by atoms with van der Waals surface area (Å²) in [7, 11) is 0. The van der Waals surface area contributed by atoms with E-state index in [0.717, 1.165) is 0 Å². The Bertz CT molecular complexity index is 509. The maximum Gasteiger partial charge on any atom is 0.389 e. The minimum Gasteiger partial charge on any atom is -0.294 e. The molecule has 19 heavy (non-hydrogen) atoms. The molecule has 1 aromatic rings. The minimum atomic E-state index is -4.21. The second kappa shape index (κ2) is 4.58. The first kappa shape index (κ1) is 14.0.